The minimum Gasteiger partial charge on any atom is -0.496 e. The average molecular weight is 597 g/mol. The van der Waals surface area contributed by atoms with E-state index in [1.54, 1.807) is 24.9 Å². The second kappa shape index (κ2) is 12.5. The molecule has 1 aliphatic rings. The van der Waals surface area contributed by atoms with Crippen molar-refractivity contribution in [1.29, 1.82) is 0 Å². The van der Waals surface area contributed by atoms with Crippen LogP contribution in [0.5, 0.6) is 5.75 Å². The first-order valence-corrected chi connectivity index (χ1v) is 15.9. The van der Waals surface area contributed by atoms with E-state index in [2.05, 4.69) is 35.8 Å². The van der Waals surface area contributed by atoms with Crippen LogP contribution in [0.1, 0.15) is 46.5 Å². The number of hydrogen-bond acceptors (Lipinski definition) is 5. The molecule has 1 heterocycles. The van der Waals surface area contributed by atoms with E-state index < -0.39 is 0 Å². The summed E-state index contributed by atoms with van der Waals surface area (Å²) in [6, 6.07) is 18.1. The highest BCUT2D eigenvalue weighted by Gasteiger charge is 2.32. The van der Waals surface area contributed by atoms with E-state index in [1.807, 2.05) is 37.1 Å². The number of thioether (sulfide) groups is 1. The number of ether oxygens (including phenoxy) is 1. The third-order valence-corrected chi connectivity index (χ3v) is 10.5. The van der Waals surface area contributed by atoms with Crippen LogP contribution < -0.4 is 10.1 Å². The Bertz CT molecular complexity index is 1530. The van der Waals surface area contributed by atoms with Crippen LogP contribution in [0, 0.1) is 12.7 Å². The van der Waals surface area contributed by atoms with Gasteiger partial charge in [0, 0.05) is 34.5 Å². The molecule has 0 saturated heterocycles. The number of nitrogens with zero attached hydrogens (tertiary/aromatic N) is 1. The Morgan fingerprint density at radius 3 is 2.58 bits per heavy atom. The van der Waals surface area contributed by atoms with Gasteiger partial charge in [0.05, 0.1) is 16.8 Å². The van der Waals surface area contributed by atoms with Crippen LogP contribution in [0.2, 0.25) is 5.02 Å². The fourth-order valence-corrected chi connectivity index (χ4v) is 7.98. The standard InChI is InChI=1S/C32H34ClFN2O2S2/c1-19-9-15-25(34)30-28(19)29(33)31(40-30)32(37)36(23-13-11-22(35-2)12-14-23)18-21-17-20(10-16-26(21)38-3)24-7-5-6-8-27(24)39-4/h5-10,15-17,22-23,35H,11-14,18H2,1-4H3/t22-,23-. The van der Waals surface area contributed by atoms with Gasteiger partial charge in [0.15, 0.2) is 0 Å². The Labute approximate surface area is 248 Å². The molecule has 0 unspecified atom stereocenters. The van der Waals surface area contributed by atoms with Crippen LogP contribution in [0.4, 0.5) is 4.39 Å². The summed E-state index contributed by atoms with van der Waals surface area (Å²) >= 11 is 9.68. The number of nitrogens with one attached hydrogen (secondary N) is 1. The highest BCUT2D eigenvalue weighted by molar-refractivity contribution is 7.98. The first kappa shape index (κ1) is 28.9. The van der Waals surface area contributed by atoms with Crippen LogP contribution in [-0.2, 0) is 6.54 Å². The third-order valence-electron chi connectivity index (χ3n) is 7.98. The zero-order valence-electron chi connectivity index (χ0n) is 23.2. The fourth-order valence-electron chi connectivity index (χ4n) is 5.74. The molecular weight excluding hydrogens is 563 g/mol. The molecule has 0 atom stereocenters. The fraction of sp³-hybridized carbons (Fsp3) is 0.344. The molecule has 0 aliphatic heterocycles. The minimum atomic E-state index is -0.352. The molecule has 210 valence electrons. The molecule has 0 radical (unpaired) electrons. The lowest BCUT2D eigenvalue weighted by Crippen LogP contribution is -2.44. The van der Waals surface area contributed by atoms with Crippen molar-refractivity contribution in [2.24, 2.45) is 0 Å². The zero-order chi connectivity index (χ0) is 28.4. The Morgan fingerprint density at radius 1 is 1.15 bits per heavy atom. The van der Waals surface area contributed by atoms with Gasteiger partial charge in [0.25, 0.3) is 5.91 Å². The molecule has 4 aromatic rings. The molecule has 1 amide bonds. The molecule has 8 heteroatoms. The number of hydrogen-bond donors (Lipinski definition) is 1. The van der Waals surface area contributed by atoms with Gasteiger partial charge < -0.3 is 15.0 Å². The molecule has 0 spiro atoms. The predicted molar refractivity (Wildman–Crippen MR) is 167 cm³/mol. The van der Waals surface area contributed by atoms with E-state index in [4.69, 9.17) is 16.3 Å². The summed E-state index contributed by atoms with van der Waals surface area (Å²) in [6.07, 6.45) is 5.80. The monoisotopic (exact) mass is 596 g/mol. The van der Waals surface area contributed by atoms with Crippen molar-refractivity contribution < 1.29 is 13.9 Å². The Hall–Kier alpha value is -2.58. The molecular formula is C32H34ClFN2O2S2. The lowest BCUT2D eigenvalue weighted by molar-refractivity contribution is 0.0604. The number of rotatable bonds is 8. The van der Waals surface area contributed by atoms with Crippen molar-refractivity contribution in [2.75, 3.05) is 20.4 Å². The first-order valence-electron chi connectivity index (χ1n) is 13.5. The molecule has 40 heavy (non-hydrogen) atoms. The lowest BCUT2D eigenvalue weighted by Gasteiger charge is -2.37. The maximum absolute atomic E-state index is 14.8. The van der Waals surface area contributed by atoms with Crippen molar-refractivity contribution in [3.63, 3.8) is 0 Å². The van der Waals surface area contributed by atoms with E-state index in [1.165, 1.54) is 11.0 Å². The summed E-state index contributed by atoms with van der Waals surface area (Å²) in [5.74, 6) is 0.223. The summed E-state index contributed by atoms with van der Waals surface area (Å²) in [6.45, 7) is 2.27. The molecule has 1 saturated carbocycles. The maximum atomic E-state index is 14.8. The summed E-state index contributed by atoms with van der Waals surface area (Å²) in [4.78, 5) is 17.9. The summed E-state index contributed by atoms with van der Waals surface area (Å²) in [7, 11) is 3.65. The highest BCUT2D eigenvalue weighted by atomic mass is 35.5. The first-order chi connectivity index (χ1) is 19.4. The van der Waals surface area contributed by atoms with Gasteiger partial charge in [-0.25, -0.2) is 4.39 Å². The van der Waals surface area contributed by atoms with Crippen LogP contribution in [0.15, 0.2) is 59.5 Å². The van der Waals surface area contributed by atoms with Gasteiger partial charge in [-0.05, 0) is 86.9 Å². The molecule has 1 aliphatic carbocycles. The van der Waals surface area contributed by atoms with E-state index in [9.17, 15) is 9.18 Å². The largest absolute Gasteiger partial charge is 0.496 e. The lowest BCUT2D eigenvalue weighted by atomic mass is 9.89. The summed E-state index contributed by atoms with van der Waals surface area (Å²) in [5.41, 5.74) is 4.01. The smallest absolute Gasteiger partial charge is 0.266 e. The highest BCUT2D eigenvalue weighted by Crippen LogP contribution is 2.41. The Morgan fingerprint density at radius 2 is 1.90 bits per heavy atom. The molecule has 3 aromatic carbocycles. The molecule has 1 N–H and O–H groups in total. The van der Waals surface area contributed by atoms with Crippen LogP contribution in [0.3, 0.4) is 0 Å². The van der Waals surface area contributed by atoms with E-state index in [0.29, 0.717) is 32.6 Å². The number of methoxy groups -OCH3 is 1. The number of fused-ring (bicyclic) bond motifs is 1. The molecule has 0 bridgehead atoms. The third kappa shape index (κ3) is 5.62. The normalized spacial score (nSPS) is 17.2. The van der Waals surface area contributed by atoms with Crippen LogP contribution in [-0.4, -0.2) is 43.3 Å². The quantitative estimate of drug-likeness (QED) is 0.207. The molecule has 5 rings (SSSR count). The maximum Gasteiger partial charge on any atom is 0.266 e. The summed E-state index contributed by atoms with van der Waals surface area (Å²) < 4.78 is 21.0. The summed E-state index contributed by atoms with van der Waals surface area (Å²) in [5, 5.41) is 4.35. The van der Waals surface area contributed by atoms with E-state index in [0.717, 1.165) is 65.0 Å². The number of aryl methyl sites for hydroxylation is 1. The van der Waals surface area contributed by atoms with Gasteiger partial charge in [0.2, 0.25) is 0 Å². The minimum absolute atomic E-state index is 0.0381. The molecule has 1 aromatic heterocycles. The van der Waals surface area contributed by atoms with Crippen molar-refractivity contribution in [3.8, 4) is 16.9 Å². The number of amides is 1. The topological polar surface area (TPSA) is 41.6 Å². The SMILES string of the molecule is CN[C@H]1CC[C@H](N(Cc2cc(-c3ccccc3SC)ccc2OC)C(=O)c2sc3c(F)ccc(C)c3c2Cl)CC1. The van der Waals surface area contributed by atoms with Crippen molar-refractivity contribution >= 4 is 50.7 Å². The van der Waals surface area contributed by atoms with Crippen molar-refractivity contribution in [3.05, 3.63) is 81.4 Å². The zero-order valence-corrected chi connectivity index (χ0v) is 25.6. The van der Waals surface area contributed by atoms with E-state index in [-0.39, 0.29) is 17.8 Å². The number of halogens is 2. The predicted octanol–water partition coefficient (Wildman–Crippen LogP) is 8.57. The second-order valence-corrected chi connectivity index (χ2v) is 12.5. The average Bonchev–Trinajstić information content (AvgIpc) is 3.35. The van der Waals surface area contributed by atoms with Gasteiger partial charge in [-0.1, -0.05) is 41.9 Å². The Kier molecular flexibility index (Phi) is 9.05. The van der Waals surface area contributed by atoms with Gasteiger partial charge in [-0.15, -0.1) is 23.1 Å². The number of carbonyl (C=O) groups excluding carboxylic acids is 1. The van der Waals surface area contributed by atoms with Gasteiger partial charge >= 0.3 is 0 Å². The van der Waals surface area contributed by atoms with Crippen LogP contribution >= 0.6 is 34.7 Å². The van der Waals surface area contributed by atoms with Gasteiger partial charge in [0.1, 0.15) is 16.4 Å². The molecule has 4 nitrogen and oxygen atoms in total. The number of thiophene rings is 1. The van der Waals surface area contributed by atoms with Gasteiger partial charge in [-0.2, -0.15) is 0 Å². The van der Waals surface area contributed by atoms with Gasteiger partial charge in [-0.3, -0.25) is 4.79 Å². The number of benzene rings is 3. The van der Waals surface area contributed by atoms with Crippen molar-refractivity contribution in [2.45, 2.75) is 56.1 Å². The van der Waals surface area contributed by atoms with Crippen molar-refractivity contribution in [1.82, 2.24) is 10.2 Å². The molecule has 1 fully saturated rings. The van der Waals surface area contributed by atoms with Crippen LogP contribution in [0.25, 0.3) is 21.2 Å². The number of carbonyl (C=O) groups is 1. The second-order valence-electron chi connectivity index (χ2n) is 10.3. The van der Waals surface area contributed by atoms with E-state index >= 15 is 0 Å². The Balaban J connectivity index is 1.57.